The molecule has 2 atom stereocenters. The van der Waals surface area contributed by atoms with E-state index in [2.05, 4.69) is 11.5 Å². The highest BCUT2D eigenvalue weighted by atomic mass is 19.1. The molecule has 4 aromatic rings. The minimum atomic E-state index is -0.385. The number of hydrogen-bond acceptors (Lipinski definition) is 3. The van der Waals surface area contributed by atoms with E-state index in [4.69, 9.17) is 4.42 Å². The molecular weight excluding hydrogens is 397 g/mol. The smallest absolute Gasteiger partial charge is 0.331 e. The van der Waals surface area contributed by atoms with Crippen molar-refractivity contribution in [1.82, 2.24) is 13.7 Å². The first-order valence-corrected chi connectivity index (χ1v) is 10.4. The van der Waals surface area contributed by atoms with E-state index in [1.54, 1.807) is 19.2 Å². The highest BCUT2D eigenvalue weighted by Crippen LogP contribution is 2.45. The fourth-order valence-corrected chi connectivity index (χ4v) is 5.03. The second-order valence-electron chi connectivity index (χ2n) is 8.52. The molecule has 0 unspecified atom stereocenters. The molecule has 4 heterocycles. The Morgan fingerprint density at radius 2 is 1.87 bits per heavy atom. The van der Waals surface area contributed by atoms with E-state index in [0.29, 0.717) is 28.7 Å². The number of benzene rings is 1. The van der Waals surface area contributed by atoms with Gasteiger partial charge in [0.15, 0.2) is 0 Å². The van der Waals surface area contributed by atoms with Gasteiger partial charge in [0.25, 0.3) is 5.56 Å². The number of rotatable bonds is 2. The van der Waals surface area contributed by atoms with Gasteiger partial charge in [0.05, 0.1) is 28.2 Å². The molecule has 1 aromatic carbocycles. The van der Waals surface area contributed by atoms with Gasteiger partial charge in [0.2, 0.25) is 0 Å². The number of nitrogens with zero attached hydrogens (tertiary/aromatic N) is 3. The summed E-state index contributed by atoms with van der Waals surface area (Å²) in [6, 6.07) is 10.2. The summed E-state index contributed by atoms with van der Waals surface area (Å²) >= 11 is 0. The third-order valence-electron chi connectivity index (χ3n) is 6.54. The van der Waals surface area contributed by atoms with Gasteiger partial charge in [-0.25, -0.2) is 9.18 Å². The summed E-state index contributed by atoms with van der Waals surface area (Å²) in [6.07, 6.45) is 0.870. The molecule has 0 fully saturated rings. The van der Waals surface area contributed by atoms with Gasteiger partial charge in [-0.05, 0) is 43.5 Å². The van der Waals surface area contributed by atoms with Crippen molar-refractivity contribution < 1.29 is 8.81 Å². The van der Waals surface area contributed by atoms with Crippen LogP contribution in [0.25, 0.3) is 22.2 Å². The highest BCUT2D eigenvalue weighted by molar-refractivity contribution is 5.96. The summed E-state index contributed by atoms with van der Waals surface area (Å²) in [7, 11) is 3.16. The van der Waals surface area contributed by atoms with Crippen LogP contribution in [0.3, 0.4) is 0 Å². The van der Waals surface area contributed by atoms with Crippen LogP contribution in [0.2, 0.25) is 0 Å². The van der Waals surface area contributed by atoms with E-state index in [1.807, 2.05) is 19.1 Å². The molecule has 5 rings (SSSR count). The molecule has 0 radical (unpaired) electrons. The lowest BCUT2D eigenvalue weighted by atomic mass is 9.83. The number of halogens is 1. The molecule has 3 aromatic heterocycles. The molecule has 7 heteroatoms. The fraction of sp³-hybridized carbons (Fsp3) is 0.333. The van der Waals surface area contributed by atoms with E-state index in [1.165, 1.54) is 23.7 Å². The van der Waals surface area contributed by atoms with Crippen LogP contribution >= 0.6 is 0 Å². The van der Waals surface area contributed by atoms with Crippen molar-refractivity contribution in [1.29, 1.82) is 0 Å². The van der Waals surface area contributed by atoms with Crippen LogP contribution < -0.4 is 11.2 Å². The molecule has 1 aliphatic rings. The molecule has 31 heavy (non-hydrogen) atoms. The maximum absolute atomic E-state index is 14.2. The van der Waals surface area contributed by atoms with Crippen LogP contribution in [0.5, 0.6) is 0 Å². The van der Waals surface area contributed by atoms with Crippen molar-refractivity contribution in [2.75, 3.05) is 0 Å². The van der Waals surface area contributed by atoms with Crippen molar-refractivity contribution in [3.63, 3.8) is 0 Å². The zero-order valence-electron chi connectivity index (χ0n) is 18.0. The molecule has 160 valence electrons. The summed E-state index contributed by atoms with van der Waals surface area (Å²) in [6.45, 7) is 4.73. The molecular formula is C24H24FN3O3. The fourth-order valence-electron chi connectivity index (χ4n) is 5.03. The molecule has 0 saturated carbocycles. The van der Waals surface area contributed by atoms with Gasteiger partial charge in [-0.3, -0.25) is 13.9 Å². The molecule has 0 aliphatic carbocycles. The standard InChI is InChI=1S/C24H24FN3O3/c1-13-10-11-28-20(15-6-5-7-16(25)12-15)19-21(26(3)24(30)27(4)23(19)29)22(28)18(13)17-9-8-14(2)31-17/h5-9,12-13,18H,10-11H2,1-4H3/t13-,18+/m1/s1. The topological polar surface area (TPSA) is 62.1 Å². The van der Waals surface area contributed by atoms with Gasteiger partial charge in [-0.2, -0.15) is 0 Å². The van der Waals surface area contributed by atoms with Crippen LogP contribution in [-0.4, -0.2) is 13.7 Å². The average molecular weight is 421 g/mol. The zero-order chi connectivity index (χ0) is 22.0. The molecule has 1 aliphatic heterocycles. The summed E-state index contributed by atoms with van der Waals surface area (Å²) < 4.78 is 24.9. The Morgan fingerprint density at radius 1 is 1.10 bits per heavy atom. The lowest BCUT2D eigenvalue weighted by Crippen LogP contribution is -2.37. The second-order valence-corrected chi connectivity index (χ2v) is 8.52. The summed E-state index contributed by atoms with van der Waals surface area (Å²) in [4.78, 5) is 26.2. The van der Waals surface area contributed by atoms with Crippen molar-refractivity contribution >= 4 is 10.9 Å². The van der Waals surface area contributed by atoms with Crippen LogP contribution in [0, 0.1) is 18.7 Å². The van der Waals surface area contributed by atoms with E-state index < -0.39 is 0 Å². The summed E-state index contributed by atoms with van der Waals surface area (Å²) in [5.74, 6) is 1.38. The van der Waals surface area contributed by atoms with Gasteiger partial charge >= 0.3 is 5.69 Å². The Kier molecular flexibility index (Phi) is 4.32. The molecule has 0 bridgehead atoms. The predicted molar refractivity (Wildman–Crippen MR) is 117 cm³/mol. The lowest BCUT2D eigenvalue weighted by molar-refractivity contribution is 0.331. The van der Waals surface area contributed by atoms with E-state index in [9.17, 15) is 14.0 Å². The first-order chi connectivity index (χ1) is 14.8. The second kappa shape index (κ2) is 6.83. The summed E-state index contributed by atoms with van der Waals surface area (Å²) in [5, 5.41) is 0.438. The normalized spacial score (nSPS) is 18.5. The Hall–Kier alpha value is -3.35. The molecule has 0 amide bonds. The minimum absolute atomic E-state index is 0.120. The van der Waals surface area contributed by atoms with Crippen molar-refractivity contribution in [2.45, 2.75) is 32.7 Å². The SMILES string of the molecule is Cc1ccc([C@H]2c3c4c(c(-c5cccc(F)c5)n3CC[C@H]2C)c(=O)n(C)c(=O)n4C)o1. The third kappa shape index (κ3) is 2.76. The maximum Gasteiger partial charge on any atom is 0.331 e. The number of furan rings is 1. The third-order valence-corrected chi connectivity index (χ3v) is 6.54. The Bertz CT molecular complexity index is 1450. The largest absolute Gasteiger partial charge is 0.466 e. The number of aryl methyl sites for hydroxylation is 2. The van der Waals surface area contributed by atoms with Crippen LogP contribution in [0.1, 0.15) is 36.5 Å². The first-order valence-electron chi connectivity index (χ1n) is 10.4. The van der Waals surface area contributed by atoms with E-state index in [-0.39, 0.29) is 28.9 Å². The zero-order valence-corrected chi connectivity index (χ0v) is 18.0. The van der Waals surface area contributed by atoms with Crippen LogP contribution in [0.15, 0.2) is 50.4 Å². The molecule has 0 saturated heterocycles. The molecule has 0 N–H and O–H groups in total. The van der Waals surface area contributed by atoms with E-state index in [0.717, 1.165) is 28.2 Å². The lowest BCUT2D eigenvalue weighted by Gasteiger charge is -2.31. The van der Waals surface area contributed by atoms with Crippen molar-refractivity contribution in [3.8, 4) is 11.3 Å². The van der Waals surface area contributed by atoms with Gasteiger partial charge in [-0.1, -0.05) is 19.1 Å². The Balaban J connectivity index is 1.98. The van der Waals surface area contributed by atoms with Crippen molar-refractivity contribution in [2.24, 2.45) is 20.0 Å². The number of aromatic nitrogens is 3. The first kappa shape index (κ1) is 19.6. The predicted octanol–water partition coefficient (Wildman–Crippen LogP) is 3.92. The van der Waals surface area contributed by atoms with Gasteiger partial charge in [0.1, 0.15) is 17.3 Å². The highest BCUT2D eigenvalue weighted by Gasteiger charge is 2.37. The average Bonchev–Trinajstić information content (AvgIpc) is 3.32. The molecule has 6 nitrogen and oxygen atoms in total. The maximum atomic E-state index is 14.2. The van der Waals surface area contributed by atoms with Gasteiger partial charge in [0, 0.05) is 26.2 Å². The Labute approximate surface area is 178 Å². The number of fused-ring (bicyclic) bond motifs is 3. The van der Waals surface area contributed by atoms with Crippen LogP contribution in [-0.2, 0) is 20.6 Å². The van der Waals surface area contributed by atoms with Gasteiger partial charge in [-0.15, -0.1) is 0 Å². The minimum Gasteiger partial charge on any atom is -0.466 e. The van der Waals surface area contributed by atoms with Gasteiger partial charge < -0.3 is 8.98 Å². The Morgan fingerprint density at radius 3 is 2.55 bits per heavy atom. The van der Waals surface area contributed by atoms with Crippen molar-refractivity contribution in [3.05, 3.63) is 80.3 Å². The summed E-state index contributed by atoms with van der Waals surface area (Å²) in [5.41, 5.74) is 1.99. The van der Waals surface area contributed by atoms with E-state index >= 15 is 0 Å². The quantitative estimate of drug-likeness (QED) is 0.493. The monoisotopic (exact) mass is 421 g/mol. The number of hydrogen-bond donors (Lipinski definition) is 0. The molecule has 0 spiro atoms. The van der Waals surface area contributed by atoms with Crippen LogP contribution in [0.4, 0.5) is 4.39 Å².